The van der Waals surface area contributed by atoms with Crippen molar-refractivity contribution in [1.29, 1.82) is 0 Å². The van der Waals surface area contributed by atoms with Crippen molar-refractivity contribution in [2.45, 2.75) is 27.3 Å². The van der Waals surface area contributed by atoms with Crippen LogP contribution < -0.4 is 4.74 Å². The number of nitrogens with zero attached hydrogens (tertiary/aromatic N) is 1. The predicted octanol–water partition coefficient (Wildman–Crippen LogP) is 2.77. The molecule has 0 aromatic heterocycles. The van der Waals surface area contributed by atoms with Crippen LogP contribution in [0.3, 0.4) is 0 Å². The van der Waals surface area contributed by atoms with E-state index in [9.17, 15) is 14.4 Å². The van der Waals surface area contributed by atoms with E-state index in [4.69, 9.17) is 9.47 Å². The van der Waals surface area contributed by atoms with Crippen LogP contribution >= 0.6 is 11.8 Å². The monoisotopic (exact) mass is 363 g/mol. The summed E-state index contributed by atoms with van der Waals surface area (Å²) >= 11 is 1.29. The van der Waals surface area contributed by atoms with E-state index < -0.39 is 5.97 Å². The molecule has 0 aliphatic carbocycles. The van der Waals surface area contributed by atoms with Crippen LogP contribution in [-0.4, -0.2) is 41.5 Å². The fraction of sp³-hybridized carbons (Fsp3) is 0.389. The molecule has 134 valence electrons. The predicted molar refractivity (Wildman–Crippen MR) is 95.3 cm³/mol. The zero-order chi connectivity index (χ0) is 18.4. The number of ether oxygens (including phenoxy) is 2. The first-order chi connectivity index (χ1) is 12.0. The summed E-state index contributed by atoms with van der Waals surface area (Å²) in [6.07, 6.45) is 1.33. The van der Waals surface area contributed by atoms with E-state index in [-0.39, 0.29) is 30.6 Å². The van der Waals surface area contributed by atoms with Gasteiger partial charge < -0.3 is 14.4 Å². The molecule has 0 unspecified atom stereocenters. The van der Waals surface area contributed by atoms with Crippen LogP contribution in [0.15, 0.2) is 29.3 Å². The molecule has 6 nitrogen and oxygen atoms in total. The summed E-state index contributed by atoms with van der Waals surface area (Å²) in [6, 6.07) is 5.16. The van der Waals surface area contributed by atoms with E-state index in [2.05, 4.69) is 0 Å². The van der Waals surface area contributed by atoms with E-state index in [1.54, 1.807) is 25.1 Å². The molecule has 0 spiro atoms. The molecule has 1 heterocycles. The molecule has 7 heteroatoms. The highest BCUT2D eigenvalue weighted by atomic mass is 32.2. The van der Waals surface area contributed by atoms with Gasteiger partial charge in [0.05, 0.1) is 36.6 Å². The van der Waals surface area contributed by atoms with Crippen molar-refractivity contribution in [2.24, 2.45) is 0 Å². The van der Waals surface area contributed by atoms with Crippen LogP contribution in [0.4, 0.5) is 0 Å². The average Bonchev–Trinajstić information content (AvgIpc) is 2.89. The number of amides is 1. The molecule has 1 aromatic rings. The zero-order valence-corrected chi connectivity index (χ0v) is 15.4. The number of ketones is 1. The van der Waals surface area contributed by atoms with Gasteiger partial charge >= 0.3 is 5.97 Å². The molecular formula is C18H21NO5S. The Morgan fingerprint density at radius 3 is 2.68 bits per heavy atom. The molecule has 25 heavy (non-hydrogen) atoms. The SMILES string of the molecule is CCOC(=O)C=C1SCC(=O)N1Cc1cc(C(C)=O)ccc1OCC. The molecule has 0 bridgehead atoms. The quantitative estimate of drug-likeness (QED) is 0.421. The lowest BCUT2D eigenvalue weighted by atomic mass is 10.1. The van der Waals surface area contributed by atoms with Gasteiger partial charge in [-0.05, 0) is 39.0 Å². The van der Waals surface area contributed by atoms with E-state index in [0.29, 0.717) is 22.9 Å². The van der Waals surface area contributed by atoms with Crippen molar-refractivity contribution in [1.82, 2.24) is 4.90 Å². The lowest BCUT2D eigenvalue weighted by Crippen LogP contribution is -2.25. The number of hydrogen-bond acceptors (Lipinski definition) is 6. The number of benzene rings is 1. The molecule has 1 saturated heterocycles. The summed E-state index contributed by atoms with van der Waals surface area (Å²) in [5.41, 5.74) is 1.27. The highest BCUT2D eigenvalue weighted by Crippen LogP contribution is 2.32. The number of carbonyl (C=O) groups excluding carboxylic acids is 3. The first-order valence-electron chi connectivity index (χ1n) is 8.04. The third-order valence-corrected chi connectivity index (χ3v) is 4.56. The number of rotatable bonds is 7. The third-order valence-electron chi connectivity index (χ3n) is 3.53. The van der Waals surface area contributed by atoms with Crippen molar-refractivity contribution >= 4 is 29.4 Å². The van der Waals surface area contributed by atoms with E-state index in [0.717, 1.165) is 5.56 Å². The van der Waals surface area contributed by atoms with E-state index in [1.165, 1.54) is 29.7 Å². The smallest absolute Gasteiger partial charge is 0.333 e. The van der Waals surface area contributed by atoms with Crippen molar-refractivity contribution in [3.05, 3.63) is 40.4 Å². The van der Waals surface area contributed by atoms with Crippen LogP contribution in [0.2, 0.25) is 0 Å². The Balaban J connectivity index is 2.31. The summed E-state index contributed by atoms with van der Waals surface area (Å²) in [6.45, 7) is 6.06. The summed E-state index contributed by atoms with van der Waals surface area (Å²) < 4.78 is 10.5. The van der Waals surface area contributed by atoms with E-state index in [1.807, 2.05) is 6.92 Å². The molecule has 1 amide bonds. The van der Waals surface area contributed by atoms with Crippen molar-refractivity contribution in [2.75, 3.05) is 19.0 Å². The Morgan fingerprint density at radius 1 is 1.28 bits per heavy atom. The summed E-state index contributed by atoms with van der Waals surface area (Å²) in [5, 5.41) is 0.541. The Hall–Kier alpha value is -2.28. The van der Waals surface area contributed by atoms with Gasteiger partial charge in [0.15, 0.2) is 5.78 Å². The lowest BCUT2D eigenvalue weighted by Gasteiger charge is -2.19. The van der Waals surface area contributed by atoms with Gasteiger partial charge in [-0.25, -0.2) is 4.79 Å². The maximum absolute atomic E-state index is 12.2. The number of esters is 1. The molecule has 0 saturated carbocycles. The first-order valence-corrected chi connectivity index (χ1v) is 9.03. The van der Waals surface area contributed by atoms with Gasteiger partial charge in [0.1, 0.15) is 5.75 Å². The fourth-order valence-corrected chi connectivity index (χ4v) is 3.30. The highest BCUT2D eigenvalue weighted by molar-refractivity contribution is 8.04. The normalized spacial score (nSPS) is 15.6. The van der Waals surface area contributed by atoms with E-state index >= 15 is 0 Å². The van der Waals surface area contributed by atoms with Crippen LogP contribution in [-0.2, 0) is 20.9 Å². The molecule has 1 aromatic carbocycles. The Morgan fingerprint density at radius 2 is 2.04 bits per heavy atom. The average molecular weight is 363 g/mol. The van der Waals surface area contributed by atoms with Crippen LogP contribution in [0, 0.1) is 0 Å². The van der Waals surface area contributed by atoms with Gasteiger partial charge in [-0.3, -0.25) is 9.59 Å². The van der Waals surface area contributed by atoms with Gasteiger partial charge in [-0.15, -0.1) is 0 Å². The van der Waals surface area contributed by atoms with Gasteiger partial charge in [0, 0.05) is 11.1 Å². The molecule has 0 radical (unpaired) electrons. The molecule has 1 fully saturated rings. The minimum Gasteiger partial charge on any atom is -0.494 e. The second-order valence-corrected chi connectivity index (χ2v) is 6.31. The lowest BCUT2D eigenvalue weighted by molar-refractivity contribution is -0.137. The first kappa shape index (κ1) is 19.1. The van der Waals surface area contributed by atoms with Gasteiger partial charge in [-0.2, -0.15) is 0 Å². The number of thioether (sulfide) groups is 1. The summed E-state index contributed by atoms with van der Waals surface area (Å²) in [4.78, 5) is 37.1. The summed E-state index contributed by atoms with van der Waals surface area (Å²) in [7, 11) is 0. The maximum Gasteiger partial charge on any atom is 0.333 e. The Kier molecular flexibility index (Phi) is 6.64. The second kappa shape index (κ2) is 8.71. The van der Waals surface area contributed by atoms with Crippen LogP contribution in [0.5, 0.6) is 5.75 Å². The van der Waals surface area contributed by atoms with Crippen LogP contribution in [0.1, 0.15) is 36.7 Å². The van der Waals surface area contributed by atoms with Crippen molar-refractivity contribution in [3.8, 4) is 5.75 Å². The molecular weight excluding hydrogens is 342 g/mol. The molecule has 1 aliphatic rings. The Labute approximate surface area is 151 Å². The van der Waals surface area contributed by atoms with Gasteiger partial charge in [0.25, 0.3) is 0 Å². The third kappa shape index (κ3) is 4.85. The topological polar surface area (TPSA) is 72.9 Å². The molecule has 0 atom stereocenters. The highest BCUT2D eigenvalue weighted by Gasteiger charge is 2.28. The summed E-state index contributed by atoms with van der Waals surface area (Å²) in [5.74, 6) is 0.242. The minimum atomic E-state index is -0.479. The maximum atomic E-state index is 12.2. The van der Waals surface area contributed by atoms with Crippen molar-refractivity contribution < 1.29 is 23.9 Å². The standard InChI is InChI=1S/C18H21NO5S/c1-4-23-15-7-6-13(12(3)20)8-14(15)10-19-16(21)11-25-17(19)9-18(22)24-5-2/h6-9H,4-5,10-11H2,1-3H3. The fourth-order valence-electron chi connectivity index (χ4n) is 2.37. The largest absolute Gasteiger partial charge is 0.494 e. The zero-order valence-electron chi connectivity index (χ0n) is 14.5. The molecule has 1 aliphatic heterocycles. The second-order valence-electron chi connectivity index (χ2n) is 5.31. The number of carbonyl (C=O) groups is 3. The molecule has 2 rings (SSSR count). The van der Waals surface area contributed by atoms with Gasteiger partial charge in [0.2, 0.25) is 5.91 Å². The minimum absolute atomic E-state index is 0.0614. The van der Waals surface area contributed by atoms with Gasteiger partial charge in [-0.1, -0.05) is 11.8 Å². The van der Waals surface area contributed by atoms with Crippen LogP contribution in [0.25, 0.3) is 0 Å². The van der Waals surface area contributed by atoms with Crippen molar-refractivity contribution in [3.63, 3.8) is 0 Å². The number of hydrogen-bond donors (Lipinski definition) is 0. The number of Topliss-reactive ketones (excluding diaryl/α,β-unsaturated/α-hetero) is 1. The molecule has 0 N–H and O–H groups in total. The Bertz CT molecular complexity index is 713.